The molecule has 0 aromatic heterocycles. The molecule has 0 amide bonds. The highest BCUT2D eigenvalue weighted by molar-refractivity contribution is 5.15. The van der Waals surface area contributed by atoms with Crippen molar-refractivity contribution in [2.75, 3.05) is 6.61 Å². The predicted octanol–water partition coefficient (Wildman–Crippen LogP) is 3.41. The van der Waals surface area contributed by atoms with Gasteiger partial charge in [0.15, 0.2) is 0 Å². The maximum atomic E-state index is 5.87. The minimum Gasteiger partial charge on any atom is -0.377 e. The molecule has 1 N–H and O–H groups in total. The van der Waals surface area contributed by atoms with Crippen LogP contribution in [-0.4, -0.2) is 24.8 Å². The second-order valence-electron chi connectivity index (χ2n) is 7.13. The Morgan fingerprint density at radius 1 is 1.30 bits per heavy atom. The Balaban J connectivity index is 1.50. The van der Waals surface area contributed by atoms with Crippen LogP contribution in [0.5, 0.6) is 0 Å². The van der Waals surface area contributed by atoms with Crippen molar-refractivity contribution < 1.29 is 4.74 Å². The van der Waals surface area contributed by atoms with Gasteiger partial charge in [0, 0.05) is 30.0 Å². The molecule has 2 nitrogen and oxygen atoms in total. The number of ether oxygens (including phenoxy) is 1. The average molecular weight is 273 g/mol. The first-order chi connectivity index (χ1) is 9.59. The molecule has 2 aliphatic rings. The highest BCUT2D eigenvalue weighted by Crippen LogP contribution is 2.52. The molecule has 2 fully saturated rings. The van der Waals surface area contributed by atoms with Gasteiger partial charge in [-0.3, -0.25) is 0 Å². The summed E-state index contributed by atoms with van der Waals surface area (Å²) < 4.78 is 5.87. The van der Waals surface area contributed by atoms with E-state index in [1.807, 2.05) is 0 Å². The Labute approximate surface area is 122 Å². The number of hydrogen-bond donors (Lipinski definition) is 1. The molecule has 1 saturated carbocycles. The van der Waals surface area contributed by atoms with Crippen molar-refractivity contribution in [3.63, 3.8) is 0 Å². The van der Waals surface area contributed by atoms with E-state index in [0.717, 1.165) is 18.9 Å². The van der Waals surface area contributed by atoms with E-state index in [9.17, 15) is 0 Å². The molecule has 1 aliphatic carbocycles. The van der Waals surface area contributed by atoms with Crippen LogP contribution in [0.2, 0.25) is 0 Å². The van der Waals surface area contributed by atoms with Crippen LogP contribution in [-0.2, 0) is 11.2 Å². The molecule has 1 heterocycles. The number of benzene rings is 1. The molecule has 1 aromatic rings. The van der Waals surface area contributed by atoms with Crippen molar-refractivity contribution in [2.24, 2.45) is 11.3 Å². The molecule has 1 aliphatic heterocycles. The van der Waals surface area contributed by atoms with Crippen molar-refractivity contribution in [1.82, 2.24) is 5.32 Å². The molecular formula is C18H27NO. The van der Waals surface area contributed by atoms with Crippen LogP contribution in [0.25, 0.3) is 0 Å². The lowest BCUT2D eigenvalue weighted by Gasteiger charge is -2.55. The summed E-state index contributed by atoms with van der Waals surface area (Å²) in [6, 6.07) is 12.0. The van der Waals surface area contributed by atoms with Gasteiger partial charge < -0.3 is 10.1 Å². The van der Waals surface area contributed by atoms with Crippen LogP contribution in [0.4, 0.5) is 0 Å². The van der Waals surface area contributed by atoms with Crippen LogP contribution in [0.3, 0.4) is 0 Å². The highest BCUT2D eigenvalue weighted by Gasteiger charge is 2.59. The molecule has 0 spiro atoms. The fraction of sp³-hybridized carbons (Fsp3) is 0.667. The normalized spacial score (nSPS) is 32.5. The fourth-order valence-electron chi connectivity index (χ4n) is 4.08. The third kappa shape index (κ3) is 2.51. The Kier molecular flexibility index (Phi) is 3.87. The maximum Gasteiger partial charge on any atom is 0.0685 e. The van der Waals surface area contributed by atoms with E-state index in [1.54, 1.807) is 0 Å². The number of aryl methyl sites for hydroxylation is 1. The molecule has 4 atom stereocenters. The van der Waals surface area contributed by atoms with Gasteiger partial charge in [-0.1, -0.05) is 44.2 Å². The quantitative estimate of drug-likeness (QED) is 0.887. The van der Waals surface area contributed by atoms with Crippen LogP contribution in [0.1, 0.15) is 39.2 Å². The largest absolute Gasteiger partial charge is 0.377 e. The summed E-state index contributed by atoms with van der Waals surface area (Å²) in [5, 5.41) is 3.87. The summed E-state index contributed by atoms with van der Waals surface area (Å²) in [7, 11) is 0. The van der Waals surface area contributed by atoms with Gasteiger partial charge in [0.2, 0.25) is 0 Å². The van der Waals surface area contributed by atoms with E-state index in [1.165, 1.54) is 18.4 Å². The van der Waals surface area contributed by atoms with Gasteiger partial charge in [-0.15, -0.1) is 0 Å². The van der Waals surface area contributed by atoms with Gasteiger partial charge in [0.25, 0.3) is 0 Å². The van der Waals surface area contributed by atoms with Crippen LogP contribution >= 0.6 is 0 Å². The summed E-state index contributed by atoms with van der Waals surface area (Å²) in [6.45, 7) is 7.97. The number of hydrogen-bond acceptors (Lipinski definition) is 2. The Morgan fingerprint density at radius 3 is 2.80 bits per heavy atom. The summed E-state index contributed by atoms with van der Waals surface area (Å²) in [4.78, 5) is 0. The van der Waals surface area contributed by atoms with E-state index < -0.39 is 0 Å². The van der Waals surface area contributed by atoms with Gasteiger partial charge >= 0.3 is 0 Å². The predicted molar refractivity (Wildman–Crippen MR) is 82.8 cm³/mol. The third-order valence-corrected chi connectivity index (χ3v) is 5.27. The van der Waals surface area contributed by atoms with Crippen molar-refractivity contribution in [2.45, 2.75) is 58.2 Å². The van der Waals surface area contributed by atoms with Crippen molar-refractivity contribution >= 4 is 0 Å². The lowest BCUT2D eigenvalue weighted by atomic mass is 9.57. The van der Waals surface area contributed by atoms with E-state index in [-0.39, 0.29) is 0 Å². The fourth-order valence-corrected chi connectivity index (χ4v) is 4.08. The van der Waals surface area contributed by atoms with E-state index in [2.05, 4.69) is 56.4 Å². The molecule has 3 rings (SSSR count). The standard InChI is InChI=1S/C18H27NO/c1-13(9-10-14-7-5-4-6-8-14)19-16-15-11-12-20-17(15)18(16,2)3/h4-8,13,15-17,19H,9-12H2,1-3H3. The zero-order chi connectivity index (χ0) is 14.2. The smallest absolute Gasteiger partial charge is 0.0685 e. The number of nitrogens with one attached hydrogen (secondary N) is 1. The molecule has 110 valence electrons. The first-order valence-electron chi connectivity index (χ1n) is 8.00. The number of fused-ring (bicyclic) bond motifs is 1. The molecule has 0 radical (unpaired) electrons. The van der Waals surface area contributed by atoms with Gasteiger partial charge in [0.1, 0.15) is 0 Å². The zero-order valence-corrected chi connectivity index (χ0v) is 12.9. The van der Waals surface area contributed by atoms with Crippen LogP contribution in [0, 0.1) is 11.3 Å². The first kappa shape index (κ1) is 14.1. The summed E-state index contributed by atoms with van der Waals surface area (Å²) in [5.74, 6) is 0.740. The molecule has 1 saturated heterocycles. The molecule has 4 unspecified atom stereocenters. The van der Waals surface area contributed by atoms with E-state index in [4.69, 9.17) is 4.74 Å². The van der Waals surface area contributed by atoms with Crippen molar-refractivity contribution in [3.05, 3.63) is 35.9 Å². The lowest BCUT2D eigenvalue weighted by Crippen LogP contribution is -2.67. The van der Waals surface area contributed by atoms with E-state index in [0.29, 0.717) is 23.6 Å². The highest BCUT2D eigenvalue weighted by atomic mass is 16.5. The minimum absolute atomic E-state index is 0.294. The second-order valence-corrected chi connectivity index (χ2v) is 7.13. The van der Waals surface area contributed by atoms with Gasteiger partial charge in [-0.2, -0.15) is 0 Å². The first-order valence-corrected chi connectivity index (χ1v) is 8.00. The summed E-state index contributed by atoms with van der Waals surface area (Å²) >= 11 is 0. The third-order valence-electron chi connectivity index (χ3n) is 5.27. The van der Waals surface area contributed by atoms with Crippen molar-refractivity contribution in [1.29, 1.82) is 0 Å². The SMILES string of the molecule is CC(CCc1ccccc1)NC1C2CCOC2C1(C)C. The Bertz CT molecular complexity index is 442. The zero-order valence-electron chi connectivity index (χ0n) is 12.9. The van der Waals surface area contributed by atoms with Gasteiger partial charge in [-0.25, -0.2) is 0 Å². The van der Waals surface area contributed by atoms with E-state index >= 15 is 0 Å². The Morgan fingerprint density at radius 2 is 2.05 bits per heavy atom. The van der Waals surface area contributed by atoms with Crippen LogP contribution in [0.15, 0.2) is 30.3 Å². The summed E-state index contributed by atoms with van der Waals surface area (Å²) in [6.07, 6.45) is 4.08. The van der Waals surface area contributed by atoms with Gasteiger partial charge in [-0.05, 0) is 31.7 Å². The van der Waals surface area contributed by atoms with Crippen molar-refractivity contribution in [3.8, 4) is 0 Å². The molecule has 0 bridgehead atoms. The molecule has 20 heavy (non-hydrogen) atoms. The molecule has 1 aromatic carbocycles. The maximum absolute atomic E-state index is 5.87. The minimum atomic E-state index is 0.294. The van der Waals surface area contributed by atoms with Crippen LogP contribution < -0.4 is 5.32 Å². The Hall–Kier alpha value is -0.860. The summed E-state index contributed by atoms with van der Waals surface area (Å²) in [5.41, 5.74) is 1.73. The van der Waals surface area contributed by atoms with Gasteiger partial charge in [0.05, 0.1) is 6.10 Å². The monoisotopic (exact) mass is 273 g/mol. The lowest BCUT2D eigenvalue weighted by molar-refractivity contribution is -0.115. The molecular weight excluding hydrogens is 246 g/mol. The topological polar surface area (TPSA) is 21.3 Å². The second kappa shape index (κ2) is 5.50. The molecule has 2 heteroatoms. The average Bonchev–Trinajstić information content (AvgIpc) is 2.91. The number of rotatable bonds is 5.